The van der Waals surface area contributed by atoms with Gasteiger partial charge in [0, 0.05) is 12.7 Å². The van der Waals surface area contributed by atoms with E-state index in [0.29, 0.717) is 5.56 Å². The summed E-state index contributed by atoms with van der Waals surface area (Å²) in [5.74, 6) is -2.20. The minimum atomic E-state index is -5.10. The number of methoxy groups -OCH3 is 1. The Balaban J connectivity index is 1.76. The highest BCUT2D eigenvalue weighted by Crippen LogP contribution is 2.34. The van der Waals surface area contributed by atoms with Gasteiger partial charge in [-0.05, 0) is 0 Å². The lowest BCUT2D eigenvalue weighted by Gasteiger charge is -2.47. The Kier molecular flexibility index (Phi) is 5.49. The fourth-order valence-electron chi connectivity index (χ4n) is 2.96. The van der Waals surface area contributed by atoms with Crippen molar-refractivity contribution in [2.75, 3.05) is 13.7 Å². The molecule has 0 aliphatic carbocycles. The molecule has 0 radical (unpaired) electrons. The third-order valence-electron chi connectivity index (χ3n) is 4.22. The maximum atomic E-state index is 12.6. The number of amides is 1. The van der Waals surface area contributed by atoms with E-state index in [1.165, 1.54) is 7.11 Å². The van der Waals surface area contributed by atoms with E-state index in [4.69, 9.17) is 18.9 Å². The monoisotopic (exact) mass is 377 g/mol. The van der Waals surface area contributed by atoms with Crippen molar-refractivity contribution < 1.29 is 42.0 Å². The molecule has 2 N–H and O–H groups in total. The van der Waals surface area contributed by atoms with Crippen LogP contribution in [0.2, 0.25) is 0 Å². The van der Waals surface area contributed by atoms with Gasteiger partial charge in [0.15, 0.2) is 12.6 Å². The third-order valence-corrected chi connectivity index (χ3v) is 4.22. The van der Waals surface area contributed by atoms with E-state index in [1.807, 2.05) is 0 Å². The number of aliphatic hydroxyl groups is 1. The average Bonchev–Trinajstić information content (AvgIpc) is 2.63. The van der Waals surface area contributed by atoms with Gasteiger partial charge in [-0.2, -0.15) is 13.2 Å². The van der Waals surface area contributed by atoms with Crippen molar-refractivity contribution in [3.8, 4) is 0 Å². The number of nitrogens with one attached hydrogen (secondary N) is 1. The summed E-state index contributed by atoms with van der Waals surface area (Å²) < 4.78 is 59.4. The highest BCUT2D eigenvalue weighted by molar-refractivity contribution is 5.82. The van der Waals surface area contributed by atoms with Crippen molar-refractivity contribution in [2.45, 2.75) is 43.1 Å². The number of fused-ring (bicyclic) bond motifs is 1. The zero-order valence-corrected chi connectivity index (χ0v) is 13.7. The molecule has 1 amide bonds. The third kappa shape index (κ3) is 3.84. The second-order valence-electron chi connectivity index (χ2n) is 5.94. The van der Waals surface area contributed by atoms with E-state index in [9.17, 15) is 23.1 Å². The van der Waals surface area contributed by atoms with Crippen LogP contribution < -0.4 is 5.32 Å². The van der Waals surface area contributed by atoms with Crippen LogP contribution in [0.1, 0.15) is 11.9 Å². The number of benzene rings is 1. The first-order chi connectivity index (χ1) is 12.3. The van der Waals surface area contributed by atoms with Gasteiger partial charge in [-0.3, -0.25) is 4.79 Å². The fourth-order valence-corrected chi connectivity index (χ4v) is 2.96. The first kappa shape index (κ1) is 19.1. The molecule has 0 saturated carbocycles. The molecule has 0 bridgehead atoms. The number of ether oxygens (including phenoxy) is 4. The molecule has 0 aromatic heterocycles. The smallest absolute Gasteiger partial charge is 0.388 e. The van der Waals surface area contributed by atoms with E-state index < -0.39 is 49.0 Å². The van der Waals surface area contributed by atoms with Gasteiger partial charge in [0.05, 0.1) is 6.61 Å². The molecule has 10 heteroatoms. The minimum absolute atomic E-state index is 0.0427. The van der Waals surface area contributed by atoms with Crippen LogP contribution in [0.3, 0.4) is 0 Å². The Morgan fingerprint density at radius 1 is 1.27 bits per heavy atom. The Morgan fingerprint density at radius 2 is 1.96 bits per heavy atom. The van der Waals surface area contributed by atoms with Gasteiger partial charge in [0.2, 0.25) is 0 Å². The van der Waals surface area contributed by atoms with Crippen LogP contribution in [0.5, 0.6) is 0 Å². The predicted molar refractivity (Wildman–Crippen MR) is 79.7 cm³/mol. The maximum absolute atomic E-state index is 12.6. The number of rotatable bonds is 3. The van der Waals surface area contributed by atoms with Gasteiger partial charge in [0.1, 0.15) is 24.4 Å². The molecule has 1 aromatic rings. The summed E-state index contributed by atoms with van der Waals surface area (Å²) >= 11 is 0. The van der Waals surface area contributed by atoms with Crippen molar-refractivity contribution >= 4 is 5.91 Å². The average molecular weight is 377 g/mol. The summed E-state index contributed by atoms with van der Waals surface area (Å²) in [4.78, 5) is 11.3. The first-order valence-corrected chi connectivity index (χ1v) is 7.87. The summed E-state index contributed by atoms with van der Waals surface area (Å²) in [6.07, 6.45) is -10.4. The van der Waals surface area contributed by atoms with Crippen molar-refractivity contribution in [3.63, 3.8) is 0 Å². The molecule has 2 aliphatic rings. The molecule has 7 nitrogen and oxygen atoms in total. The molecule has 3 unspecified atom stereocenters. The van der Waals surface area contributed by atoms with Gasteiger partial charge >= 0.3 is 12.1 Å². The van der Waals surface area contributed by atoms with Crippen LogP contribution in [0.15, 0.2) is 30.3 Å². The van der Waals surface area contributed by atoms with Crippen molar-refractivity contribution in [2.24, 2.45) is 0 Å². The van der Waals surface area contributed by atoms with Crippen LogP contribution in [0.4, 0.5) is 13.2 Å². The topological polar surface area (TPSA) is 86.2 Å². The lowest BCUT2D eigenvalue weighted by molar-refractivity contribution is -0.341. The van der Waals surface area contributed by atoms with Gasteiger partial charge in [-0.1, -0.05) is 30.3 Å². The molecule has 26 heavy (non-hydrogen) atoms. The van der Waals surface area contributed by atoms with Gasteiger partial charge in [-0.15, -0.1) is 0 Å². The molecule has 1 aromatic carbocycles. The van der Waals surface area contributed by atoms with E-state index in [1.54, 1.807) is 35.6 Å². The molecule has 2 heterocycles. The molecule has 2 saturated heterocycles. The largest absolute Gasteiger partial charge is 0.471 e. The number of carbonyl (C=O) groups is 1. The zero-order valence-electron chi connectivity index (χ0n) is 13.7. The second kappa shape index (κ2) is 7.49. The molecule has 0 spiro atoms. The van der Waals surface area contributed by atoms with Crippen molar-refractivity contribution in [3.05, 3.63) is 35.9 Å². The Labute approximate surface area is 147 Å². The number of hydrogen-bond donors (Lipinski definition) is 2. The Bertz CT molecular complexity index is 628. The number of carbonyl (C=O) groups excluding carboxylic acids is 1. The number of alkyl halides is 3. The lowest BCUT2D eigenvalue weighted by atomic mass is 9.95. The normalized spacial score (nSPS) is 34.8. The van der Waals surface area contributed by atoms with Crippen LogP contribution in [-0.4, -0.2) is 61.6 Å². The van der Waals surface area contributed by atoms with Crippen LogP contribution in [0, 0.1) is 0 Å². The van der Waals surface area contributed by atoms with E-state index >= 15 is 0 Å². The van der Waals surface area contributed by atoms with Crippen molar-refractivity contribution in [1.29, 1.82) is 0 Å². The summed E-state index contributed by atoms with van der Waals surface area (Å²) in [7, 11) is 1.20. The first-order valence-electron chi connectivity index (χ1n) is 7.87. The number of hydrogen-bond acceptors (Lipinski definition) is 6. The molecular formula is C16H18F3NO6. The molecule has 2 aliphatic heterocycles. The number of halogens is 3. The van der Waals surface area contributed by atoms with Crippen molar-refractivity contribution in [1.82, 2.24) is 5.32 Å². The zero-order chi connectivity index (χ0) is 18.9. The fraction of sp³-hybridized carbons (Fsp3) is 0.562. The quantitative estimate of drug-likeness (QED) is 0.814. The van der Waals surface area contributed by atoms with Gasteiger partial charge < -0.3 is 29.4 Å². The van der Waals surface area contributed by atoms with Crippen LogP contribution in [-0.2, 0) is 23.7 Å². The lowest BCUT2D eigenvalue weighted by Crippen LogP contribution is -2.67. The molecular weight excluding hydrogens is 359 g/mol. The van der Waals surface area contributed by atoms with Crippen LogP contribution in [0.25, 0.3) is 0 Å². The second-order valence-corrected chi connectivity index (χ2v) is 5.94. The molecule has 3 rings (SSSR count). The standard InChI is InChI=1S/C16H18F3NO6/c1-23-14-10(20-15(22)16(17,18)19)11(21)12-9(25-14)7-24-13(26-12)8-5-3-2-4-6-8/h2-6,9-14,21H,7H2,1H3,(H,20,22)/t9?,10?,11-,12+,13?,14-/m1/s1. The maximum Gasteiger partial charge on any atom is 0.471 e. The van der Waals surface area contributed by atoms with E-state index in [2.05, 4.69) is 0 Å². The molecule has 6 atom stereocenters. The number of aliphatic hydroxyl groups excluding tert-OH is 1. The summed E-state index contributed by atoms with van der Waals surface area (Å²) in [6, 6.07) is 7.40. The van der Waals surface area contributed by atoms with Crippen LogP contribution >= 0.6 is 0 Å². The highest BCUT2D eigenvalue weighted by atomic mass is 19.4. The molecule has 144 valence electrons. The van der Waals surface area contributed by atoms with Gasteiger partial charge in [0.25, 0.3) is 0 Å². The Morgan fingerprint density at radius 3 is 2.58 bits per heavy atom. The molecule has 2 fully saturated rings. The SMILES string of the molecule is CO[C@@H]1OC2COC(c3ccccc3)O[C@@H]2[C@H](O)C1NC(=O)C(F)(F)F. The minimum Gasteiger partial charge on any atom is -0.388 e. The Hall–Kier alpha value is -1.72. The highest BCUT2D eigenvalue weighted by Gasteiger charge is 2.52. The summed E-state index contributed by atoms with van der Waals surface area (Å²) in [5.41, 5.74) is 0.683. The van der Waals surface area contributed by atoms with Gasteiger partial charge in [-0.25, -0.2) is 0 Å². The van der Waals surface area contributed by atoms with E-state index in [0.717, 1.165) is 0 Å². The summed E-state index contributed by atoms with van der Waals surface area (Å²) in [6.45, 7) is 0.0427. The predicted octanol–water partition coefficient (Wildman–Crippen LogP) is 0.880. The summed E-state index contributed by atoms with van der Waals surface area (Å²) in [5, 5.41) is 12.2. The van der Waals surface area contributed by atoms with E-state index in [-0.39, 0.29) is 6.61 Å².